The smallest absolute Gasteiger partial charge is 0.240 e. The Hall–Kier alpha value is -2.41. The summed E-state index contributed by atoms with van der Waals surface area (Å²) in [5.41, 5.74) is 3.34. The van der Waals surface area contributed by atoms with Gasteiger partial charge in [-0.1, -0.05) is 49.4 Å². The van der Waals surface area contributed by atoms with Crippen LogP contribution in [0.5, 0.6) is 0 Å². The van der Waals surface area contributed by atoms with Crippen molar-refractivity contribution in [2.24, 2.45) is 0 Å². The quantitative estimate of drug-likeness (QED) is 0.597. The number of rotatable bonds is 9. The van der Waals surface area contributed by atoms with Crippen molar-refractivity contribution in [2.45, 2.75) is 30.8 Å². The van der Waals surface area contributed by atoms with Crippen LogP contribution in [0, 0.1) is 0 Å². The van der Waals surface area contributed by atoms with Crippen LogP contribution in [0.1, 0.15) is 29.7 Å². The van der Waals surface area contributed by atoms with E-state index in [9.17, 15) is 8.42 Å². The molecule has 0 spiro atoms. The molecule has 148 valence electrons. The first-order valence-electron chi connectivity index (χ1n) is 9.29. The van der Waals surface area contributed by atoms with Gasteiger partial charge in [0, 0.05) is 38.0 Å². The van der Waals surface area contributed by atoms with Gasteiger partial charge >= 0.3 is 0 Å². The third-order valence-electron chi connectivity index (χ3n) is 4.84. The second kappa shape index (κ2) is 9.19. The van der Waals surface area contributed by atoms with E-state index in [4.69, 9.17) is 4.74 Å². The first kappa shape index (κ1) is 20.3. The highest BCUT2D eigenvalue weighted by Crippen LogP contribution is 2.25. The summed E-state index contributed by atoms with van der Waals surface area (Å²) in [4.78, 5) is 0.275. The van der Waals surface area contributed by atoms with Crippen molar-refractivity contribution in [2.75, 3.05) is 13.7 Å². The summed E-state index contributed by atoms with van der Waals surface area (Å²) < 4.78 is 34.7. The molecule has 1 unspecified atom stereocenters. The molecular formula is C22H26N2O3S. The summed E-state index contributed by atoms with van der Waals surface area (Å²) in [6, 6.07) is 20.7. The van der Waals surface area contributed by atoms with Crippen LogP contribution in [0.2, 0.25) is 0 Å². The second-order valence-corrected chi connectivity index (χ2v) is 8.49. The Morgan fingerprint density at radius 2 is 1.71 bits per heavy atom. The summed E-state index contributed by atoms with van der Waals surface area (Å²) in [5, 5.41) is 0. The minimum Gasteiger partial charge on any atom is -0.383 e. The van der Waals surface area contributed by atoms with Crippen molar-refractivity contribution in [1.82, 2.24) is 9.29 Å². The normalized spacial score (nSPS) is 12.8. The molecule has 1 aromatic heterocycles. The van der Waals surface area contributed by atoms with Gasteiger partial charge in [0.25, 0.3) is 0 Å². The fourth-order valence-corrected chi connectivity index (χ4v) is 4.21. The van der Waals surface area contributed by atoms with E-state index in [2.05, 4.69) is 40.6 Å². The first-order valence-corrected chi connectivity index (χ1v) is 10.8. The summed E-state index contributed by atoms with van der Waals surface area (Å²) in [6.45, 7) is 3.93. The number of benzene rings is 2. The maximum absolute atomic E-state index is 12.3. The zero-order chi connectivity index (χ0) is 20.0. The molecule has 1 N–H and O–H groups in total. The van der Waals surface area contributed by atoms with E-state index in [-0.39, 0.29) is 17.4 Å². The third kappa shape index (κ3) is 4.90. The van der Waals surface area contributed by atoms with Gasteiger partial charge in [0.1, 0.15) is 0 Å². The predicted octanol–water partition coefficient (Wildman–Crippen LogP) is 3.76. The maximum Gasteiger partial charge on any atom is 0.240 e. The fourth-order valence-electron chi connectivity index (χ4n) is 3.17. The van der Waals surface area contributed by atoms with Crippen LogP contribution in [0.4, 0.5) is 0 Å². The van der Waals surface area contributed by atoms with Crippen LogP contribution < -0.4 is 4.72 Å². The van der Waals surface area contributed by atoms with E-state index in [0.717, 1.165) is 12.1 Å². The van der Waals surface area contributed by atoms with Crippen molar-refractivity contribution in [3.05, 3.63) is 89.7 Å². The molecule has 0 aliphatic heterocycles. The summed E-state index contributed by atoms with van der Waals surface area (Å²) in [7, 11) is -1.79. The zero-order valence-corrected chi connectivity index (χ0v) is 17.0. The zero-order valence-electron chi connectivity index (χ0n) is 16.2. The third-order valence-corrected chi connectivity index (χ3v) is 6.26. The maximum atomic E-state index is 12.3. The Kier molecular flexibility index (Phi) is 6.67. The Morgan fingerprint density at radius 3 is 2.39 bits per heavy atom. The molecule has 0 aliphatic carbocycles. The van der Waals surface area contributed by atoms with Crippen molar-refractivity contribution in [1.29, 1.82) is 0 Å². The summed E-state index contributed by atoms with van der Waals surface area (Å²) in [5.74, 6) is 0.238. The average molecular weight is 399 g/mol. The van der Waals surface area contributed by atoms with Crippen LogP contribution in [0.25, 0.3) is 0 Å². The fraction of sp³-hybridized carbons (Fsp3) is 0.273. The van der Waals surface area contributed by atoms with Gasteiger partial charge in [-0.15, -0.1) is 0 Å². The highest BCUT2D eigenvalue weighted by atomic mass is 32.2. The van der Waals surface area contributed by atoms with E-state index in [1.165, 1.54) is 11.3 Å². The molecule has 0 amide bonds. The molecule has 28 heavy (non-hydrogen) atoms. The van der Waals surface area contributed by atoms with Gasteiger partial charge in [-0.05, 0) is 35.4 Å². The number of hydrogen-bond acceptors (Lipinski definition) is 3. The van der Waals surface area contributed by atoms with Crippen molar-refractivity contribution >= 4 is 10.0 Å². The van der Waals surface area contributed by atoms with Gasteiger partial charge in [-0.25, -0.2) is 13.1 Å². The van der Waals surface area contributed by atoms with Gasteiger partial charge in [-0.3, -0.25) is 0 Å². The Labute approximate surface area is 167 Å². The SMILES string of the molecule is COCCn1cccc1C(C)c1ccc(CNS(=O)(=O)c2ccccc2)cc1. The number of ether oxygens (including phenoxy) is 1. The molecule has 0 radical (unpaired) electrons. The first-order chi connectivity index (χ1) is 13.5. The number of hydrogen-bond donors (Lipinski definition) is 1. The second-order valence-electron chi connectivity index (χ2n) is 6.72. The van der Waals surface area contributed by atoms with Crippen LogP contribution >= 0.6 is 0 Å². The Morgan fingerprint density at radius 1 is 1.00 bits per heavy atom. The molecule has 3 rings (SSSR count). The number of nitrogens with zero attached hydrogens (tertiary/aromatic N) is 1. The molecule has 0 saturated carbocycles. The number of aromatic nitrogens is 1. The molecule has 0 fully saturated rings. The van der Waals surface area contributed by atoms with Crippen LogP contribution in [-0.4, -0.2) is 26.7 Å². The topological polar surface area (TPSA) is 60.3 Å². The highest BCUT2D eigenvalue weighted by molar-refractivity contribution is 7.89. The molecule has 5 nitrogen and oxygen atoms in total. The number of nitrogens with one attached hydrogen (secondary N) is 1. The van der Waals surface area contributed by atoms with Crippen LogP contribution in [-0.2, 0) is 27.8 Å². The molecule has 3 aromatic rings. The monoisotopic (exact) mass is 398 g/mol. The summed E-state index contributed by atoms with van der Waals surface area (Å²) >= 11 is 0. The van der Waals surface area contributed by atoms with Gasteiger partial charge in [0.15, 0.2) is 0 Å². The van der Waals surface area contributed by atoms with Crippen molar-refractivity contribution < 1.29 is 13.2 Å². The van der Waals surface area contributed by atoms with Crippen molar-refractivity contribution in [3.8, 4) is 0 Å². The molecule has 0 saturated heterocycles. The predicted molar refractivity (Wildman–Crippen MR) is 111 cm³/mol. The molecule has 1 atom stereocenters. The summed E-state index contributed by atoms with van der Waals surface area (Å²) in [6.07, 6.45) is 2.07. The van der Waals surface area contributed by atoms with Crippen LogP contribution in [0.3, 0.4) is 0 Å². The minimum atomic E-state index is -3.50. The van der Waals surface area contributed by atoms with E-state index in [0.29, 0.717) is 6.61 Å². The number of methoxy groups -OCH3 is 1. The lowest BCUT2D eigenvalue weighted by atomic mass is 9.96. The molecule has 2 aromatic carbocycles. The molecule has 0 aliphatic rings. The van der Waals surface area contributed by atoms with E-state index >= 15 is 0 Å². The molecule has 0 bridgehead atoms. The molecule has 1 heterocycles. The highest BCUT2D eigenvalue weighted by Gasteiger charge is 2.14. The lowest BCUT2D eigenvalue weighted by Gasteiger charge is -2.16. The van der Waals surface area contributed by atoms with E-state index in [1.54, 1.807) is 37.4 Å². The van der Waals surface area contributed by atoms with Gasteiger partial charge in [0.2, 0.25) is 10.0 Å². The Balaban J connectivity index is 1.66. The lowest BCUT2D eigenvalue weighted by Crippen LogP contribution is -2.23. The average Bonchev–Trinajstić information content (AvgIpc) is 3.20. The van der Waals surface area contributed by atoms with E-state index < -0.39 is 10.0 Å². The Bertz CT molecular complexity index is 980. The number of sulfonamides is 1. The minimum absolute atomic E-state index is 0.238. The van der Waals surface area contributed by atoms with Gasteiger partial charge in [0.05, 0.1) is 11.5 Å². The molecular weight excluding hydrogens is 372 g/mol. The molecule has 6 heteroatoms. The van der Waals surface area contributed by atoms with Crippen LogP contribution in [0.15, 0.2) is 77.8 Å². The van der Waals surface area contributed by atoms with Crippen molar-refractivity contribution in [3.63, 3.8) is 0 Å². The lowest BCUT2D eigenvalue weighted by molar-refractivity contribution is 0.186. The van der Waals surface area contributed by atoms with Gasteiger partial charge in [-0.2, -0.15) is 0 Å². The largest absolute Gasteiger partial charge is 0.383 e. The van der Waals surface area contributed by atoms with Gasteiger partial charge < -0.3 is 9.30 Å². The van der Waals surface area contributed by atoms with E-state index in [1.807, 2.05) is 18.2 Å². The standard InChI is InChI=1S/C22H26N2O3S/c1-18(22-9-6-14-24(22)15-16-27-2)20-12-10-19(11-13-20)17-23-28(25,26)21-7-4-3-5-8-21/h3-14,18,23H,15-17H2,1-2H3.